The molecule has 1 amide bonds. The minimum absolute atomic E-state index is 0.164. The van der Waals surface area contributed by atoms with Gasteiger partial charge in [-0.1, -0.05) is 53.0 Å². The summed E-state index contributed by atoms with van der Waals surface area (Å²) in [5, 5.41) is 6.25. The maximum atomic E-state index is 12.6. The summed E-state index contributed by atoms with van der Waals surface area (Å²) in [7, 11) is 0. The molecule has 0 aliphatic carbocycles. The second-order valence-electron chi connectivity index (χ2n) is 5.23. The Labute approximate surface area is 166 Å². The second kappa shape index (κ2) is 9.75. The molecule has 0 radical (unpaired) electrons. The molecule has 25 heavy (non-hydrogen) atoms. The average molecular weight is 442 g/mol. The molecule has 0 aliphatic rings. The zero-order valence-corrected chi connectivity index (χ0v) is 16.8. The molecule has 0 spiro atoms. The van der Waals surface area contributed by atoms with E-state index in [1.807, 2.05) is 18.2 Å². The quantitative estimate of drug-likeness (QED) is 0.465. The Morgan fingerprint density at radius 2 is 2.04 bits per heavy atom. The van der Waals surface area contributed by atoms with E-state index >= 15 is 0 Å². The van der Waals surface area contributed by atoms with Gasteiger partial charge in [-0.3, -0.25) is 10.1 Å². The highest BCUT2D eigenvalue weighted by molar-refractivity contribution is 9.10. The number of halogens is 2. The molecule has 2 aromatic carbocycles. The number of hydrogen-bond donors (Lipinski definition) is 2. The van der Waals surface area contributed by atoms with Crippen molar-refractivity contribution in [2.75, 3.05) is 11.9 Å². The van der Waals surface area contributed by atoms with Crippen LogP contribution in [0.5, 0.6) is 5.75 Å². The van der Waals surface area contributed by atoms with Crippen LogP contribution in [0.3, 0.4) is 0 Å². The highest BCUT2D eigenvalue weighted by Crippen LogP contribution is 2.24. The minimum Gasteiger partial charge on any atom is -0.493 e. The summed E-state index contributed by atoms with van der Waals surface area (Å²) in [6, 6.07) is 12.5. The molecule has 0 aliphatic heterocycles. The lowest BCUT2D eigenvalue weighted by Crippen LogP contribution is -2.34. The highest BCUT2D eigenvalue weighted by atomic mass is 79.9. The van der Waals surface area contributed by atoms with Crippen molar-refractivity contribution in [3.8, 4) is 5.75 Å². The number of rotatable bonds is 6. The van der Waals surface area contributed by atoms with E-state index in [0.717, 1.165) is 17.3 Å². The summed E-state index contributed by atoms with van der Waals surface area (Å²) in [6.07, 6.45) is 1.94. The van der Waals surface area contributed by atoms with Crippen LogP contribution in [-0.2, 0) is 0 Å². The zero-order valence-electron chi connectivity index (χ0n) is 13.6. The minimum atomic E-state index is -0.350. The third-order valence-corrected chi connectivity index (χ3v) is 4.32. The van der Waals surface area contributed by atoms with E-state index in [1.54, 1.807) is 24.3 Å². The molecule has 132 valence electrons. The first-order chi connectivity index (χ1) is 12.0. The number of unbranched alkanes of at least 4 members (excludes halogenated alkanes) is 1. The maximum Gasteiger partial charge on any atom is 0.261 e. The van der Waals surface area contributed by atoms with Crippen molar-refractivity contribution in [2.24, 2.45) is 0 Å². The molecule has 2 aromatic rings. The van der Waals surface area contributed by atoms with E-state index < -0.39 is 0 Å². The van der Waals surface area contributed by atoms with E-state index in [4.69, 9.17) is 28.6 Å². The Morgan fingerprint density at radius 1 is 1.28 bits per heavy atom. The van der Waals surface area contributed by atoms with Crippen molar-refractivity contribution in [1.82, 2.24) is 5.32 Å². The van der Waals surface area contributed by atoms with Gasteiger partial charge in [0.25, 0.3) is 5.91 Å². The van der Waals surface area contributed by atoms with Crippen LogP contribution in [0.1, 0.15) is 30.1 Å². The van der Waals surface area contributed by atoms with Crippen molar-refractivity contribution >= 4 is 56.5 Å². The van der Waals surface area contributed by atoms with Crippen LogP contribution < -0.4 is 15.4 Å². The van der Waals surface area contributed by atoms with Gasteiger partial charge in [0.15, 0.2) is 5.11 Å². The van der Waals surface area contributed by atoms with Crippen LogP contribution >= 0.6 is 39.7 Å². The molecule has 2 rings (SSSR count). The molecule has 0 unspecified atom stereocenters. The van der Waals surface area contributed by atoms with Crippen molar-refractivity contribution in [2.45, 2.75) is 19.8 Å². The highest BCUT2D eigenvalue weighted by Gasteiger charge is 2.15. The fourth-order valence-corrected chi connectivity index (χ4v) is 2.77. The van der Waals surface area contributed by atoms with E-state index in [2.05, 4.69) is 33.5 Å². The van der Waals surface area contributed by atoms with Crippen LogP contribution in [0.4, 0.5) is 5.69 Å². The van der Waals surface area contributed by atoms with Gasteiger partial charge in [-0.15, -0.1) is 0 Å². The molecule has 2 N–H and O–H groups in total. The Morgan fingerprint density at radius 3 is 2.76 bits per heavy atom. The van der Waals surface area contributed by atoms with E-state index in [0.29, 0.717) is 28.6 Å². The molecule has 0 fully saturated rings. The smallest absolute Gasteiger partial charge is 0.261 e. The molecular weight excluding hydrogens is 424 g/mol. The zero-order chi connectivity index (χ0) is 18.2. The van der Waals surface area contributed by atoms with Gasteiger partial charge in [0.05, 0.1) is 22.9 Å². The van der Waals surface area contributed by atoms with Crippen LogP contribution in [-0.4, -0.2) is 17.6 Å². The number of benzene rings is 2. The number of amides is 1. The lowest BCUT2D eigenvalue weighted by molar-refractivity contribution is 0.0973. The van der Waals surface area contributed by atoms with E-state index in [1.165, 1.54) is 0 Å². The molecule has 0 heterocycles. The van der Waals surface area contributed by atoms with Gasteiger partial charge in [-0.05, 0) is 49.0 Å². The van der Waals surface area contributed by atoms with Gasteiger partial charge < -0.3 is 10.1 Å². The summed E-state index contributed by atoms with van der Waals surface area (Å²) in [5.74, 6) is 0.173. The van der Waals surface area contributed by atoms with Crippen LogP contribution in [0.2, 0.25) is 5.02 Å². The number of carbonyl (C=O) groups is 1. The Hall–Kier alpha value is -1.63. The molecule has 0 aromatic heterocycles. The van der Waals surface area contributed by atoms with Crippen molar-refractivity contribution in [3.63, 3.8) is 0 Å². The predicted molar refractivity (Wildman–Crippen MR) is 110 cm³/mol. The standard InChI is InChI=1S/C18H18BrClN2O2S/c1-2-3-10-24-16-9-8-12(19)11-13(16)17(23)22-18(25)21-15-7-5-4-6-14(15)20/h4-9,11H,2-3,10H2,1H3,(H2,21,22,23,25). The van der Waals surface area contributed by atoms with E-state index in [-0.39, 0.29) is 11.0 Å². The van der Waals surface area contributed by atoms with Gasteiger partial charge >= 0.3 is 0 Å². The molecule has 0 saturated heterocycles. The predicted octanol–water partition coefficient (Wildman–Crippen LogP) is 5.41. The van der Waals surface area contributed by atoms with Gasteiger partial charge in [-0.25, -0.2) is 0 Å². The number of ether oxygens (including phenoxy) is 1. The van der Waals surface area contributed by atoms with Crippen LogP contribution in [0, 0.1) is 0 Å². The number of thiocarbonyl (C=S) groups is 1. The molecule has 0 atom stereocenters. The van der Waals surface area contributed by atoms with Crippen molar-refractivity contribution < 1.29 is 9.53 Å². The lowest BCUT2D eigenvalue weighted by Gasteiger charge is -2.14. The maximum absolute atomic E-state index is 12.6. The summed E-state index contributed by atoms with van der Waals surface area (Å²) in [5.41, 5.74) is 1.04. The van der Waals surface area contributed by atoms with Crippen molar-refractivity contribution in [3.05, 3.63) is 57.5 Å². The van der Waals surface area contributed by atoms with E-state index in [9.17, 15) is 4.79 Å². The number of anilines is 1. The topological polar surface area (TPSA) is 50.4 Å². The lowest BCUT2D eigenvalue weighted by atomic mass is 10.2. The third-order valence-electron chi connectivity index (χ3n) is 3.29. The number of carbonyl (C=O) groups excluding carboxylic acids is 1. The monoisotopic (exact) mass is 440 g/mol. The Bertz CT molecular complexity index is 770. The van der Waals surface area contributed by atoms with Gasteiger partial charge in [0.2, 0.25) is 0 Å². The fourth-order valence-electron chi connectivity index (χ4n) is 2.02. The molecule has 0 bridgehead atoms. The molecule has 4 nitrogen and oxygen atoms in total. The normalized spacial score (nSPS) is 10.2. The van der Waals surface area contributed by atoms with Gasteiger partial charge in [0.1, 0.15) is 5.75 Å². The Kier molecular flexibility index (Phi) is 7.68. The largest absolute Gasteiger partial charge is 0.493 e. The SMILES string of the molecule is CCCCOc1ccc(Br)cc1C(=O)NC(=S)Nc1ccccc1Cl. The molecule has 0 saturated carbocycles. The summed E-state index contributed by atoms with van der Waals surface area (Å²) >= 11 is 14.7. The number of para-hydroxylation sites is 1. The number of hydrogen-bond acceptors (Lipinski definition) is 3. The summed E-state index contributed by atoms with van der Waals surface area (Å²) < 4.78 is 6.49. The Balaban J connectivity index is 2.07. The second-order valence-corrected chi connectivity index (χ2v) is 6.96. The van der Waals surface area contributed by atoms with Crippen LogP contribution in [0.25, 0.3) is 0 Å². The van der Waals surface area contributed by atoms with Gasteiger partial charge in [0, 0.05) is 4.47 Å². The van der Waals surface area contributed by atoms with Crippen LogP contribution in [0.15, 0.2) is 46.9 Å². The first kappa shape index (κ1) is 19.7. The number of nitrogens with one attached hydrogen (secondary N) is 2. The molecular formula is C18H18BrClN2O2S. The average Bonchev–Trinajstić information content (AvgIpc) is 2.58. The molecule has 7 heteroatoms. The fraction of sp³-hybridized carbons (Fsp3) is 0.222. The third kappa shape index (κ3) is 5.99. The first-order valence-corrected chi connectivity index (χ1v) is 9.38. The summed E-state index contributed by atoms with van der Waals surface area (Å²) in [4.78, 5) is 12.6. The summed E-state index contributed by atoms with van der Waals surface area (Å²) in [6.45, 7) is 2.64. The van der Waals surface area contributed by atoms with Crippen molar-refractivity contribution in [1.29, 1.82) is 0 Å². The first-order valence-electron chi connectivity index (χ1n) is 7.80. The van der Waals surface area contributed by atoms with Gasteiger partial charge in [-0.2, -0.15) is 0 Å².